The van der Waals surface area contributed by atoms with Gasteiger partial charge in [0.25, 0.3) is 0 Å². The molecule has 3 rings (SSSR count). The van der Waals surface area contributed by atoms with Crippen LogP contribution in [-0.4, -0.2) is 10.2 Å². The van der Waals surface area contributed by atoms with Crippen LogP contribution in [0.5, 0.6) is 0 Å². The van der Waals surface area contributed by atoms with Crippen LogP contribution < -0.4 is 0 Å². The first-order chi connectivity index (χ1) is 9.33. The molecule has 1 aromatic carbocycles. The molecule has 0 amide bonds. The van der Waals surface area contributed by atoms with Crippen LogP contribution in [0.25, 0.3) is 23.6 Å². The first-order valence-corrected chi connectivity index (χ1v) is 6.01. The molecule has 0 aliphatic rings. The summed E-state index contributed by atoms with van der Waals surface area (Å²) in [5.74, 6) is 1.51. The van der Waals surface area contributed by atoms with Crippen LogP contribution in [-0.2, 0) is 0 Å². The van der Waals surface area contributed by atoms with Crippen molar-refractivity contribution in [3.63, 3.8) is 0 Å². The van der Waals surface area contributed by atoms with Crippen molar-refractivity contribution < 1.29 is 8.83 Å². The summed E-state index contributed by atoms with van der Waals surface area (Å²) < 4.78 is 10.7. The molecule has 0 saturated heterocycles. The molecule has 0 aliphatic heterocycles. The first-order valence-electron chi connectivity index (χ1n) is 5.63. The maximum Gasteiger partial charge on any atom is 0.249 e. The molecule has 3 aromatic rings. The molecule has 0 atom stereocenters. The molecule has 94 valence electrons. The van der Waals surface area contributed by atoms with E-state index in [-0.39, 0.29) is 0 Å². The average Bonchev–Trinajstić information content (AvgIpc) is 3.08. The molecule has 0 radical (unpaired) electrons. The fourth-order valence-corrected chi connectivity index (χ4v) is 1.80. The third kappa shape index (κ3) is 2.58. The molecule has 2 aromatic heterocycles. The standard InChI is InChI=1S/C14H9ClN2O2/c15-12-6-2-1-5-11(12)14-17-16-13(19-14)8-7-10-4-3-9-18-10/h1-9H. The van der Waals surface area contributed by atoms with Gasteiger partial charge in [-0.15, -0.1) is 10.2 Å². The van der Waals surface area contributed by atoms with Crippen LogP contribution in [0, 0.1) is 0 Å². The zero-order valence-electron chi connectivity index (χ0n) is 9.79. The lowest BCUT2D eigenvalue weighted by atomic mass is 10.2. The summed E-state index contributed by atoms with van der Waals surface area (Å²) in [7, 11) is 0. The van der Waals surface area contributed by atoms with Gasteiger partial charge in [-0.2, -0.15) is 0 Å². The maximum absolute atomic E-state index is 6.07. The number of benzene rings is 1. The highest BCUT2D eigenvalue weighted by atomic mass is 35.5. The molecule has 0 aliphatic carbocycles. The number of hydrogen-bond acceptors (Lipinski definition) is 4. The van der Waals surface area contributed by atoms with E-state index in [0.29, 0.717) is 22.4 Å². The SMILES string of the molecule is Clc1ccccc1-c1nnc(C=Cc2ccco2)o1. The molecule has 19 heavy (non-hydrogen) atoms. The minimum Gasteiger partial charge on any atom is -0.465 e. The lowest BCUT2D eigenvalue weighted by Gasteiger charge is -1.96. The van der Waals surface area contributed by atoms with Gasteiger partial charge in [-0.1, -0.05) is 23.7 Å². The van der Waals surface area contributed by atoms with E-state index in [1.165, 1.54) is 0 Å². The van der Waals surface area contributed by atoms with Gasteiger partial charge in [0, 0.05) is 6.08 Å². The van der Waals surface area contributed by atoms with E-state index in [2.05, 4.69) is 10.2 Å². The third-order valence-electron chi connectivity index (χ3n) is 2.48. The molecule has 0 spiro atoms. The predicted octanol–water partition coefficient (Wildman–Crippen LogP) is 4.15. The van der Waals surface area contributed by atoms with Crippen molar-refractivity contribution in [3.05, 3.63) is 59.3 Å². The van der Waals surface area contributed by atoms with Crippen LogP contribution in [0.4, 0.5) is 0 Å². The second kappa shape index (κ2) is 5.12. The van der Waals surface area contributed by atoms with Crippen LogP contribution in [0.1, 0.15) is 11.7 Å². The summed E-state index contributed by atoms with van der Waals surface area (Å²) in [5, 5.41) is 8.47. The highest BCUT2D eigenvalue weighted by Crippen LogP contribution is 2.26. The summed E-state index contributed by atoms with van der Waals surface area (Å²) in [5.41, 5.74) is 0.717. The van der Waals surface area contributed by atoms with Crippen LogP contribution >= 0.6 is 11.6 Å². The van der Waals surface area contributed by atoms with Gasteiger partial charge >= 0.3 is 0 Å². The summed E-state index contributed by atoms with van der Waals surface area (Å²) in [4.78, 5) is 0. The molecule has 0 N–H and O–H groups in total. The topological polar surface area (TPSA) is 52.1 Å². The highest BCUT2D eigenvalue weighted by molar-refractivity contribution is 6.33. The summed E-state index contributed by atoms with van der Waals surface area (Å²) in [6, 6.07) is 11.0. The molecule has 0 fully saturated rings. The van der Waals surface area contributed by atoms with E-state index in [4.69, 9.17) is 20.4 Å². The minimum absolute atomic E-state index is 0.393. The lowest BCUT2D eigenvalue weighted by molar-refractivity contribution is 0.552. The largest absolute Gasteiger partial charge is 0.465 e. The fraction of sp³-hybridized carbons (Fsp3) is 0. The molecular formula is C14H9ClN2O2. The number of furan rings is 1. The van der Waals surface area contributed by atoms with Gasteiger partial charge in [-0.25, -0.2) is 0 Å². The Labute approximate surface area is 114 Å². The number of nitrogens with zero attached hydrogens (tertiary/aromatic N) is 2. The second-order valence-corrected chi connectivity index (χ2v) is 4.18. The lowest BCUT2D eigenvalue weighted by Crippen LogP contribution is -1.78. The van der Waals surface area contributed by atoms with Crippen molar-refractivity contribution in [1.82, 2.24) is 10.2 Å². The number of aromatic nitrogens is 2. The Hall–Kier alpha value is -2.33. The zero-order valence-corrected chi connectivity index (χ0v) is 10.5. The molecule has 5 heteroatoms. The van der Waals surface area contributed by atoms with Crippen molar-refractivity contribution in [2.45, 2.75) is 0 Å². The number of hydrogen-bond donors (Lipinski definition) is 0. The van der Waals surface area contributed by atoms with E-state index < -0.39 is 0 Å². The Kier molecular flexibility index (Phi) is 3.16. The molecule has 0 saturated carbocycles. The maximum atomic E-state index is 6.07. The van der Waals surface area contributed by atoms with E-state index in [1.807, 2.05) is 30.3 Å². The average molecular weight is 273 g/mol. The number of halogens is 1. The molecule has 4 nitrogen and oxygen atoms in total. The van der Waals surface area contributed by atoms with Crippen LogP contribution in [0.15, 0.2) is 51.5 Å². The summed E-state index contributed by atoms with van der Waals surface area (Å²) in [6.45, 7) is 0. The normalized spacial score (nSPS) is 11.2. The van der Waals surface area contributed by atoms with Crippen molar-refractivity contribution in [2.75, 3.05) is 0 Å². The minimum atomic E-state index is 0.393. The second-order valence-electron chi connectivity index (χ2n) is 3.77. The van der Waals surface area contributed by atoms with Gasteiger partial charge in [0.2, 0.25) is 11.8 Å². The van der Waals surface area contributed by atoms with Crippen molar-refractivity contribution in [1.29, 1.82) is 0 Å². The van der Waals surface area contributed by atoms with Gasteiger partial charge in [0.05, 0.1) is 16.8 Å². The molecule has 0 bridgehead atoms. The van der Waals surface area contributed by atoms with Crippen LogP contribution in [0.3, 0.4) is 0 Å². The Balaban J connectivity index is 1.86. The van der Waals surface area contributed by atoms with Gasteiger partial charge in [0.1, 0.15) is 5.76 Å². The van der Waals surface area contributed by atoms with E-state index in [0.717, 1.165) is 5.76 Å². The fourth-order valence-electron chi connectivity index (χ4n) is 1.58. The van der Waals surface area contributed by atoms with Gasteiger partial charge in [0.15, 0.2) is 0 Å². The predicted molar refractivity (Wildman–Crippen MR) is 72.4 cm³/mol. The van der Waals surface area contributed by atoms with Crippen molar-refractivity contribution in [2.24, 2.45) is 0 Å². The Morgan fingerprint density at radius 2 is 1.89 bits per heavy atom. The van der Waals surface area contributed by atoms with E-state index >= 15 is 0 Å². The molecule has 2 heterocycles. The Bertz CT molecular complexity index is 702. The zero-order chi connectivity index (χ0) is 13.1. The van der Waals surface area contributed by atoms with Crippen molar-refractivity contribution in [3.8, 4) is 11.5 Å². The Morgan fingerprint density at radius 1 is 1.00 bits per heavy atom. The van der Waals surface area contributed by atoms with Gasteiger partial charge in [-0.3, -0.25) is 0 Å². The number of rotatable bonds is 3. The summed E-state index contributed by atoms with van der Waals surface area (Å²) in [6.07, 6.45) is 5.04. The highest BCUT2D eigenvalue weighted by Gasteiger charge is 2.09. The smallest absolute Gasteiger partial charge is 0.249 e. The molecular weight excluding hydrogens is 264 g/mol. The van der Waals surface area contributed by atoms with Crippen molar-refractivity contribution >= 4 is 23.8 Å². The van der Waals surface area contributed by atoms with E-state index in [9.17, 15) is 0 Å². The summed E-state index contributed by atoms with van der Waals surface area (Å²) >= 11 is 6.07. The molecule has 0 unspecified atom stereocenters. The van der Waals surface area contributed by atoms with Crippen LogP contribution in [0.2, 0.25) is 5.02 Å². The monoisotopic (exact) mass is 272 g/mol. The van der Waals surface area contributed by atoms with Gasteiger partial charge in [-0.05, 0) is 30.3 Å². The first kappa shape index (κ1) is 11.7. The third-order valence-corrected chi connectivity index (χ3v) is 2.81. The Morgan fingerprint density at radius 3 is 2.68 bits per heavy atom. The van der Waals surface area contributed by atoms with Gasteiger partial charge < -0.3 is 8.83 Å². The van der Waals surface area contributed by atoms with E-state index in [1.54, 1.807) is 24.5 Å². The quantitative estimate of drug-likeness (QED) is 0.718.